The van der Waals surface area contributed by atoms with Crippen molar-refractivity contribution in [1.82, 2.24) is 9.88 Å². The predicted octanol–water partition coefficient (Wildman–Crippen LogP) is 2.38. The van der Waals surface area contributed by atoms with Gasteiger partial charge in [-0.2, -0.15) is 0 Å². The molecule has 136 valence electrons. The number of hydrogen-bond acceptors (Lipinski definition) is 5. The van der Waals surface area contributed by atoms with E-state index in [1.54, 1.807) is 37.8 Å². The van der Waals surface area contributed by atoms with Crippen molar-refractivity contribution in [2.45, 2.75) is 52.2 Å². The minimum atomic E-state index is -0.597. The highest BCUT2D eigenvalue weighted by atomic mass is 16.6. The average molecular weight is 348 g/mol. The van der Waals surface area contributed by atoms with Gasteiger partial charge in [-0.1, -0.05) is 0 Å². The first-order chi connectivity index (χ1) is 11.7. The quantitative estimate of drug-likeness (QED) is 0.873. The van der Waals surface area contributed by atoms with Gasteiger partial charge in [0.1, 0.15) is 17.5 Å². The second-order valence-electron chi connectivity index (χ2n) is 6.92. The van der Waals surface area contributed by atoms with E-state index >= 15 is 0 Å². The normalized spacial score (nSPS) is 17.1. The molecule has 8 heteroatoms. The number of likely N-dealkylation sites (tertiary alicyclic amines) is 1. The van der Waals surface area contributed by atoms with Crippen LogP contribution in [0.5, 0.6) is 0 Å². The minimum Gasteiger partial charge on any atom is -0.444 e. The van der Waals surface area contributed by atoms with Crippen molar-refractivity contribution >= 4 is 29.4 Å². The summed E-state index contributed by atoms with van der Waals surface area (Å²) in [5.74, 6) is -0.0199. The third-order valence-corrected chi connectivity index (χ3v) is 3.62. The molecule has 1 atom stereocenters. The first-order valence-electron chi connectivity index (χ1n) is 8.20. The summed E-state index contributed by atoms with van der Waals surface area (Å²) in [4.78, 5) is 41.2. The molecule has 2 rings (SSSR count). The summed E-state index contributed by atoms with van der Waals surface area (Å²) in [5, 5.41) is 5.27. The summed E-state index contributed by atoms with van der Waals surface area (Å²) in [7, 11) is 0. The average Bonchev–Trinajstić information content (AvgIpc) is 2.97. The number of amides is 3. The molecule has 25 heavy (non-hydrogen) atoms. The number of nitrogens with zero attached hydrogens (tertiary/aromatic N) is 2. The van der Waals surface area contributed by atoms with Gasteiger partial charge in [0, 0.05) is 13.5 Å². The molecule has 0 radical (unpaired) electrons. The number of ether oxygens (including phenoxy) is 1. The molecule has 1 aliphatic rings. The van der Waals surface area contributed by atoms with E-state index in [4.69, 9.17) is 4.74 Å². The SMILES string of the molecule is CC(=O)N1CCC[C@@H]1C(=O)Nc1ccc(NC(=O)OC(C)(C)C)nc1. The molecule has 1 fully saturated rings. The lowest BCUT2D eigenvalue weighted by Crippen LogP contribution is -2.42. The molecular weight excluding hydrogens is 324 g/mol. The minimum absolute atomic E-state index is 0.104. The van der Waals surface area contributed by atoms with Gasteiger partial charge in [0.15, 0.2) is 0 Å². The second kappa shape index (κ2) is 7.50. The molecule has 0 bridgehead atoms. The Morgan fingerprint density at radius 2 is 1.96 bits per heavy atom. The number of carbonyl (C=O) groups excluding carboxylic acids is 3. The van der Waals surface area contributed by atoms with Crippen LogP contribution in [0, 0.1) is 0 Å². The van der Waals surface area contributed by atoms with Crippen LogP contribution in [0.15, 0.2) is 18.3 Å². The topological polar surface area (TPSA) is 101 Å². The van der Waals surface area contributed by atoms with Crippen LogP contribution >= 0.6 is 0 Å². The molecule has 1 saturated heterocycles. The molecule has 0 aliphatic carbocycles. The summed E-state index contributed by atoms with van der Waals surface area (Å²) in [6, 6.07) is 2.75. The van der Waals surface area contributed by atoms with Crippen LogP contribution in [0.4, 0.5) is 16.3 Å². The first-order valence-corrected chi connectivity index (χ1v) is 8.20. The zero-order chi connectivity index (χ0) is 18.6. The Hall–Kier alpha value is -2.64. The van der Waals surface area contributed by atoms with Crippen molar-refractivity contribution < 1.29 is 19.1 Å². The Labute approximate surface area is 146 Å². The van der Waals surface area contributed by atoms with Gasteiger partial charge in [-0.15, -0.1) is 0 Å². The highest BCUT2D eigenvalue weighted by Gasteiger charge is 2.32. The largest absolute Gasteiger partial charge is 0.444 e. The molecular formula is C17H24N4O4. The van der Waals surface area contributed by atoms with E-state index in [-0.39, 0.29) is 11.8 Å². The van der Waals surface area contributed by atoms with Gasteiger partial charge in [-0.05, 0) is 45.7 Å². The number of rotatable bonds is 3. The van der Waals surface area contributed by atoms with E-state index in [1.807, 2.05) is 0 Å². The maximum Gasteiger partial charge on any atom is 0.413 e. The van der Waals surface area contributed by atoms with Crippen LogP contribution in [-0.2, 0) is 14.3 Å². The number of pyridine rings is 1. The fourth-order valence-electron chi connectivity index (χ4n) is 2.59. The number of aromatic nitrogens is 1. The standard InChI is InChI=1S/C17H24N4O4/c1-11(22)21-9-5-6-13(21)15(23)19-12-7-8-14(18-10-12)20-16(24)25-17(2,3)4/h7-8,10,13H,5-6,9H2,1-4H3,(H,19,23)(H,18,20,24)/t13-/m1/s1. The highest BCUT2D eigenvalue weighted by molar-refractivity contribution is 5.97. The fraction of sp³-hybridized carbons (Fsp3) is 0.529. The highest BCUT2D eigenvalue weighted by Crippen LogP contribution is 2.19. The van der Waals surface area contributed by atoms with Gasteiger partial charge in [0.25, 0.3) is 0 Å². The van der Waals surface area contributed by atoms with Crippen LogP contribution < -0.4 is 10.6 Å². The van der Waals surface area contributed by atoms with E-state index in [9.17, 15) is 14.4 Å². The zero-order valence-corrected chi connectivity index (χ0v) is 15.0. The van der Waals surface area contributed by atoms with Crippen LogP contribution in [-0.4, -0.2) is 46.0 Å². The molecule has 1 aromatic rings. The van der Waals surface area contributed by atoms with E-state index in [0.29, 0.717) is 24.5 Å². The van der Waals surface area contributed by atoms with Gasteiger partial charge in [0.2, 0.25) is 11.8 Å². The summed E-state index contributed by atoms with van der Waals surface area (Å²) >= 11 is 0. The van der Waals surface area contributed by atoms with E-state index < -0.39 is 17.7 Å². The third-order valence-electron chi connectivity index (χ3n) is 3.62. The van der Waals surface area contributed by atoms with Gasteiger partial charge < -0.3 is 15.0 Å². The lowest BCUT2D eigenvalue weighted by molar-refractivity contribution is -0.134. The molecule has 8 nitrogen and oxygen atoms in total. The Morgan fingerprint density at radius 3 is 2.52 bits per heavy atom. The Morgan fingerprint density at radius 1 is 1.24 bits per heavy atom. The van der Waals surface area contributed by atoms with Crippen molar-refractivity contribution in [2.75, 3.05) is 17.2 Å². The van der Waals surface area contributed by atoms with E-state index in [1.165, 1.54) is 13.1 Å². The maximum absolute atomic E-state index is 12.3. The molecule has 1 aromatic heterocycles. The van der Waals surface area contributed by atoms with Crippen LogP contribution in [0.1, 0.15) is 40.5 Å². The number of anilines is 2. The summed E-state index contributed by atoms with van der Waals surface area (Å²) in [6.45, 7) is 7.37. The Bertz CT molecular complexity index is 652. The maximum atomic E-state index is 12.3. The van der Waals surface area contributed by atoms with Crippen LogP contribution in [0.25, 0.3) is 0 Å². The predicted molar refractivity (Wildman–Crippen MR) is 93.1 cm³/mol. The molecule has 3 amide bonds. The molecule has 0 spiro atoms. The number of hydrogen-bond donors (Lipinski definition) is 2. The summed E-state index contributed by atoms with van der Waals surface area (Å²) in [5.41, 5.74) is -0.0999. The monoisotopic (exact) mass is 348 g/mol. The van der Waals surface area contributed by atoms with Crippen molar-refractivity contribution in [3.63, 3.8) is 0 Å². The molecule has 0 unspecified atom stereocenters. The van der Waals surface area contributed by atoms with Gasteiger partial charge >= 0.3 is 6.09 Å². The van der Waals surface area contributed by atoms with Gasteiger partial charge in [0.05, 0.1) is 11.9 Å². The van der Waals surface area contributed by atoms with Crippen LogP contribution in [0.3, 0.4) is 0 Å². The van der Waals surface area contributed by atoms with Gasteiger partial charge in [-0.25, -0.2) is 9.78 Å². The summed E-state index contributed by atoms with van der Waals surface area (Å²) < 4.78 is 5.14. The third kappa shape index (κ3) is 5.44. The van der Waals surface area contributed by atoms with Crippen molar-refractivity contribution in [3.05, 3.63) is 18.3 Å². The lowest BCUT2D eigenvalue weighted by Gasteiger charge is -2.22. The first kappa shape index (κ1) is 18.7. The van der Waals surface area contributed by atoms with Gasteiger partial charge in [-0.3, -0.25) is 14.9 Å². The van der Waals surface area contributed by atoms with Crippen molar-refractivity contribution in [2.24, 2.45) is 0 Å². The molecule has 2 heterocycles. The van der Waals surface area contributed by atoms with E-state index in [2.05, 4.69) is 15.6 Å². The molecule has 1 aliphatic heterocycles. The Balaban J connectivity index is 1.93. The van der Waals surface area contributed by atoms with Crippen LogP contribution in [0.2, 0.25) is 0 Å². The van der Waals surface area contributed by atoms with E-state index in [0.717, 1.165) is 6.42 Å². The fourth-order valence-corrected chi connectivity index (χ4v) is 2.59. The zero-order valence-electron chi connectivity index (χ0n) is 15.0. The number of nitrogens with one attached hydrogen (secondary N) is 2. The second-order valence-corrected chi connectivity index (χ2v) is 6.92. The smallest absolute Gasteiger partial charge is 0.413 e. The molecule has 2 N–H and O–H groups in total. The number of carbonyl (C=O) groups is 3. The van der Waals surface area contributed by atoms with Crippen molar-refractivity contribution in [1.29, 1.82) is 0 Å². The Kier molecular flexibility index (Phi) is 5.61. The lowest BCUT2D eigenvalue weighted by atomic mass is 10.2. The van der Waals surface area contributed by atoms with Crippen molar-refractivity contribution in [3.8, 4) is 0 Å². The molecule has 0 saturated carbocycles. The molecule has 0 aromatic carbocycles. The summed E-state index contributed by atoms with van der Waals surface area (Å²) in [6.07, 6.45) is 2.31.